The number of carbonyl (C=O) groups is 1. The predicted octanol–water partition coefficient (Wildman–Crippen LogP) is 2.20. The van der Waals surface area contributed by atoms with E-state index in [2.05, 4.69) is 25.9 Å². The van der Waals surface area contributed by atoms with Gasteiger partial charge in [0.1, 0.15) is 6.10 Å². The van der Waals surface area contributed by atoms with E-state index < -0.39 is 0 Å². The van der Waals surface area contributed by atoms with Gasteiger partial charge in [-0.2, -0.15) is 0 Å². The van der Waals surface area contributed by atoms with E-state index >= 15 is 0 Å². The lowest BCUT2D eigenvalue weighted by Gasteiger charge is -2.38. The minimum absolute atomic E-state index is 0.0206. The number of carbonyl (C=O) groups excluding carboxylic acids is 1. The Kier molecular flexibility index (Phi) is 3.48. The largest absolute Gasteiger partial charge is 0.463 e. The van der Waals surface area contributed by atoms with Crippen LogP contribution in [-0.2, 0) is 0 Å². The first-order chi connectivity index (χ1) is 9.22. The van der Waals surface area contributed by atoms with Crippen molar-refractivity contribution in [2.45, 2.75) is 6.10 Å². The molecule has 0 unspecified atom stereocenters. The molecule has 0 saturated carbocycles. The van der Waals surface area contributed by atoms with Crippen molar-refractivity contribution in [3.63, 3.8) is 0 Å². The van der Waals surface area contributed by atoms with Crippen LogP contribution >= 0.6 is 27.3 Å². The van der Waals surface area contributed by atoms with Crippen LogP contribution in [0.1, 0.15) is 10.4 Å². The van der Waals surface area contributed by atoms with E-state index in [4.69, 9.17) is 4.74 Å². The Balaban J connectivity index is 1.57. The molecule has 1 aliphatic rings. The van der Waals surface area contributed by atoms with Crippen LogP contribution in [0.25, 0.3) is 0 Å². The van der Waals surface area contributed by atoms with Crippen molar-refractivity contribution < 1.29 is 9.53 Å². The van der Waals surface area contributed by atoms with E-state index in [-0.39, 0.29) is 12.0 Å². The third kappa shape index (κ3) is 2.76. The molecule has 1 fully saturated rings. The molecule has 7 heteroatoms. The van der Waals surface area contributed by atoms with Crippen molar-refractivity contribution in [3.8, 4) is 5.19 Å². The molecule has 1 aliphatic heterocycles. The first-order valence-corrected chi connectivity index (χ1v) is 7.35. The molecule has 2 aromatic heterocycles. The second-order valence-corrected chi connectivity index (χ2v) is 5.91. The fraction of sp³-hybridized carbons (Fsp3) is 0.250. The van der Waals surface area contributed by atoms with Crippen molar-refractivity contribution >= 4 is 33.2 Å². The normalized spacial score (nSPS) is 15.1. The molecule has 0 aromatic carbocycles. The summed E-state index contributed by atoms with van der Waals surface area (Å²) in [6, 6.07) is 1.77. The number of likely N-dealkylation sites (tertiary alicyclic amines) is 1. The highest BCUT2D eigenvalue weighted by Crippen LogP contribution is 2.22. The lowest BCUT2D eigenvalue weighted by molar-refractivity contribution is 0.0176. The molecular weight excluding hydrogens is 330 g/mol. The summed E-state index contributed by atoms with van der Waals surface area (Å²) in [4.78, 5) is 21.9. The fourth-order valence-corrected chi connectivity index (χ4v) is 2.72. The number of nitrogens with zero attached hydrogens (tertiary/aromatic N) is 3. The van der Waals surface area contributed by atoms with E-state index in [1.54, 1.807) is 29.6 Å². The van der Waals surface area contributed by atoms with Crippen molar-refractivity contribution in [1.29, 1.82) is 0 Å². The summed E-state index contributed by atoms with van der Waals surface area (Å²) in [5, 5.41) is 2.52. The molecule has 0 radical (unpaired) electrons. The number of thiazole rings is 1. The van der Waals surface area contributed by atoms with Crippen LogP contribution in [0, 0.1) is 0 Å². The summed E-state index contributed by atoms with van der Waals surface area (Å²) >= 11 is 4.76. The average Bonchev–Trinajstić information content (AvgIpc) is 2.85. The van der Waals surface area contributed by atoms with Gasteiger partial charge < -0.3 is 9.64 Å². The monoisotopic (exact) mass is 339 g/mol. The maximum atomic E-state index is 12.1. The minimum atomic E-state index is -0.0206. The highest BCUT2D eigenvalue weighted by atomic mass is 79.9. The van der Waals surface area contributed by atoms with Crippen LogP contribution in [-0.4, -0.2) is 40.0 Å². The van der Waals surface area contributed by atoms with Crippen LogP contribution in [0.2, 0.25) is 0 Å². The summed E-state index contributed by atoms with van der Waals surface area (Å²) in [6.07, 6.45) is 4.97. The maximum Gasteiger partial charge on any atom is 0.273 e. The molecule has 0 N–H and O–H groups in total. The van der Waals surface area contributed by atoms with Crippen molar-refractivity contribution in [2.75, 3.05) is 13.1 Å². The van der Waals surface area contributed by atoms with Crippen molar-refractivity contribution in [1.82, 2.24) is 14.9 Å². The number of rotatable bonds is 3. The third-order valence-electron chi connectivity index (χ3n) is 2.76. The Morgan fingerprint density at radius 1 is 1.47 bits per heavy atom. The Hall–Kier alpha value is -1.47. The van der Waals surface area contributed by atoms with Crippen LogP contribution in [0.15, 0.2) is 34.5 Å². The second-order valence-electron chi connectivity index (χ2n) is 4.14. The average molecular weight is 340 g/mol. The molecule has 2 aromatic rings. The van der Waals surface area contributed by atoms with Gasteiger partial charge in [-0.3, -0.25) is 9.78 Å². The molecule has 3 heterocycles. The van der Waals surface area contributed by atoms with E-state index in [1.165, 1.54) is 11.3 Å². The van der Waals surface area contributed by atoms with Crippen LogP contribution in [0.4, 0.5) is 0 Å². The molecule has 5 nitrogen and oxygen atoms in total. The Bertz CT molecular complexity index is 584. The van der Waals surface area contributed by atoms with Gasteiger partial charge in [-0.15, -0.1) is 0 Å². The summed E-state index contributed by atoms with van der Waals surface area (Å²) in [7, 11) is 0. The summed E-state index contributed by atoms with van der Waals surface area (Å²) < 4.78 is 6.42. The highest BCUT2D eigenvalue weighted by Gasteiger charge is 2.33. The quantitative estimate of drug-likeness (QED) is 0.860. The molecule has 98 valence electrons. The van der Waals surface area contributed by atoms with Gasteiger partial charge in [0.2, 0.25) is 0 Å². The summed E-state index contributed by atoms with van der Waals surface area (Å²) in [5.74, 6) is -0.0206. The number of halogens is 1. The van der Waals surface area contributed by atoms with Crippen molar-refractivity contribution in [3.05, 3.63) is 40.1 Å². The number of aromatic nitrogens is 2. The first-order valence-electron chi connectivity index (χ1n) is 5.68. The Morgan fingerprint density at radius 3 is 3.00 bits per heavy atom. The number of amides is 1. The van der Waals surface area contributed by atoms with Gasteiger partial charge >= 0.3 is 0 Å². The Morgan fingerprint density at radius 2 is 2.32 bits per heavy atom. The third-order valence-corrected chi connectivity index (χ3v) is 3.86. The van der Waals surface area contributed by atoms with Gasteiger partial charge in [0.05, 0.1) is 18.7 Å². The topological polar surface area (TPSA) is 55.3 Å². The van der Waals surface area contributed by atoms with E-state index in [0.29, 0.717) is 23.8 Å². The van der Waals surface area contributed by atoms with Gasteiger partial charge in [-0.05, 0) is 22.0 Å². The fourth-order valence-electron chi connectivity index (χ4n) is 1.80. The highest BCUT2D eigenvalue weighted by molar-refractivity contribution is 9.10. The number of pyridine rings is 1. The standard InChI is InChI=1S/C12H10BrN3O2S/c13-9-3-8(4-14-5-9)11(17)16-6-10(7-16)18-12-15-1-2-19-12/h1-5,10H,6-7H2. The van der Waals surface area contributed by atoms with Crippen LogP contribution in [0.5, 0.6) is 5.19 Å². The van der Waals surface area contributed by atoms with Crippen molar-refractivity contribution in [2.24, 2.45) is 0 Å². The first kappa shape index (κ1) is 12.6. The lowest BCUT2D eigenvalue weighted by Crippen LogP contribution is -2.56. The summed E-state index contributed by atoms with van der Waals surface area (Å²) in [5.41, 5.74) is 0.585. The van der Waals surface area contributed by atoms with E-state index in [1.807, 2.05) is 5.38 Å². The molecule has 0 bridgehead atoms. The molecule has 1 amide bonds. The minimum Gasteiger partial charge on any atom is -0.463 e. The van der Waals surface area contributed by atoms with Gasteiger partial charge in [-0.1, -0.05) is 11.3 Å². The van der Waals surface area contributed by atoms with Crippen LogP contribution < -0.4 is 4.74 Å². The predicted molar refractivity (Wildman–Crippen MR) is 74.4 cm³/mol. The molecular formula is C12H10BrN3O2S. The molecule has 0 aliphatic carbocycles. The van der Waals surface area contributed by atoms with Gasteiger partial charge in [0, 0.05) is 28.4 Å². The SMILES string of the molecule is O=C(c1cncc(Br)c1)N1CC(Oc2nccs2)C1. The maximum absolute atomic E-state index is 12.1. The molecule has 3 rings (SSSR count). The van der Waals surface area contributed by atoms with Gasteiger partial charge in [-0.25, -0.2) is 4.98 Å². The summed E-state index contributed by atoms with van der Waals surface area (Å²) in [6.45, 7) is 1.18. The second kappa shape index (κ2) is 5.26. The van der Waals surface area contributed by atoms with Gasteiger partial charge in [0.25, 0.3) is 11.1 Å². The number of hydrogen-bond donors (Lipinski definition) is 0. The molecule has 1 saturated heterocycles. The zero-order valence-electron chi connectivity index (χ0n) is 9.82. The number of ether oxygens (including phenoxy) is 1. The zero-order chi connectivity index (χ0) is 13.2. The van der Waals surface area contributed by atoms with E-state index in [9.17, 15) is 4.79 Å². The molecule has 0 spiro atoms. The number of hydrogen-bond acceptors (Lipinski definition) is 5. The molecule has 19 heavy (non-hydrogen) atoms. The lowest BCUT2D eigenvalue weighted by atomic mass is 10.1. The Labute approximate surface area is 122 Å². The zero-order valence-corrected chi connectivity index (χ0v) is 12.2. The molecule has 0 atom stereocenters. The van der Waals surface area contributed by atoms with E-state index in [0.717, 1.165) is 4.47 Å². The van der Waals surface area contributed by atoms with Crippen LogP contribution in [0.3, 0.4) is 0 Å². The smallest absolute Gasteiger partial charge is 0.273 e. The van der Waals surface area contributed by atoms with Gasteiger partial charge in [0.15, 0.2) is 0 Å².